The average molecular weight is 326 g/mol. The first-order valence-electron chi connectivity index (χ1n) is 6.26. The van der Waals surface area contributed by atoms with Crippen LogP contribution in [0.1, 0.15) is 21.5 Å². The standard InChI is InChI=1S/C15H10F4N2O2/c16-13-5-4-9(6-12(13)15(17,18)19)8-20-21-11-3-1-2-10(7-11)14(22)23/h1-8,21H,(H,22,23)/b20-8+. The van der Waals surface area contributed by atoms with Gasteiger partial charge in [0.2, 0.25) is 0 Å². The zero-order valence-electron chi connectivity index (χ0n) is 11.4. The van der Waals surface area contributed by atoms with E-state index in [0.717, 1.165) is 12.3 Å². The fourth-order valence-corrected chi connectivity index (χ4v) is 1.74. The summed E-state index contributed by atoms with van der Waals surface area (Å²) in [5.74, 6) is -2.48. The number of anilines is 1. The first kappa shape index (κ1) is 16.5. The van der Waals surface area contributed by atoms with Gasteiger partial charge in [0.25, 0.3) is 0 Å². The van der Waals surface area contributed by atoms with E-state index in [1.54, 1.807) is 0 Å². The number of carboxylic acids is 1. The first-order valence-corrected chi connectivity index (χ1v) is 6.26. The number of hydrogen-bond acceptors (Lipinski definition) is 3. The minimum absolute atomic E-state index is 0.0336. The van der Waals surface area contributed by atoms with Gasteiger partial charge < -0.3 is 5.11 Å². The number of hydrogen-bond donors (Lipinski definition) is 2. The lowest BCUT2D eigenvalue weighted by molar-refractivity contribution is -0.140. The molecule has 0 heterocycles. The van der Waals surface area contributed by atoms with Crippen LogP contribution in [-0.4, -0.2) is 17.3 Å². The van der Waals surface area contributed by atoms with E-state index in [1.807, 2.05) is 0 Å². The third-order valence-corrected chi connectivity index (χ3v) is 2.81. The Morgan fingerprint density at radius 1 is 1.17 bits per heavy atom. The maximum Gasteiger partial charge on any atom is 0.419 e. The Morgan fingerprint density at radius 2 is 1.91 bits per heavy atom. The van der Waals surface area contributed by atoms with Crippen molar-refractivity contribution in [2.45, 2.75) is 6.18 Å². The molecule has 0 unspecified atom stereocenters. The van der Waals surface area contributed by atoms with Crippen molar-refractivity contribution in [3.8, 4) is 0 Å². The SMILES string of the molecule is O=C(O)c1cccc(N/N=C/c2ccc(F)c(C(F)(F)F)c2)c1. The molecule has 0 saturated carbocycles. The van der Waals surface area contributed by atoms with E-state index in [-0.39, 0.29) is 11.1 Å². The fourth-order valence-electron chi connectivity index (χ4n) is 1.74. The van der Waals surface area contributed by atoms with Gasteiger partial charge in [-0.3, -0.25) is 5.43 Å². The molecule has 120 valence electrons. The zero-order valence-corrected chi connectivity index (χ0v) is 11.4. The van der Waals surface area contributed by atoms with Gasteiger partial charge >= 0.3 is 12.1 Å². The van der Waals surface area contributed by atoms with Gasteiger partial charge in [0.05, 0.1) is 23.0 Å². The molecule has 0 radical (unpaired) electrons. The van der Waals surface area contributed by atoms with Crippen molar-refractivity contribution in [3.05, 3.63) is 65.0 Å². The number of hydrazone groups is 1. The molecule has 8 heteroatoms. The van der Waals surface area contributed by atoms with Crippen LogP contribution < -0.4 is 5.43 Å². The summed E-state index contributed by atoms with van der Waals surface area (Å²) >= 11 is 0. The quantitative estimate of drug-likeness (QED) is 0.507. The molecule has 23 heavy (non-hydrogen) atoms. The van der Waals surface area contributed by atoms with Crippen molar-refractivity contribution < 1.29 is 27.5 Å². The van der Waals surface area contributed by atoms with Gasteiger partial charge in [0.1, 0.15) is 5.82 Å². The summed E-state index contributed by atoms with van der Waals surface area (Å²) in [5.41, 5.74) is 1.53. The van der Waals surface area contributed by atoms with Crippen LogP contribution in [0.2, 0.25) is 0 Å². The van der Waals surface area contributed by atoms with Gasteiger partial charge in [0.15, 0.2) is 0 Å². The monoisotopic (exact) mass is 326 g/mol. The Labute approximate surface area is 128 Å². The number of carboxylic acid groups (broad SMARTS) is 1. The molecule has 4 nitrogen and oxygen atoms in total. The highest BCUT2D eigenvalue weighted by molar-refractivity contribution is 5.88. The predicted octanol–water partition coefficient (Wildman–Crippen LogP) is 3.99. The first-order chi connectivity index (χ1) is 10.8. The normalized spacial score (nSPS) is 11.7. The summed E-state index contributed by atoms with van der Waals surface area (Å²) < 4.78 is 50.9. The lowest BCUT2D eigenvalue weighted by Gasteiger charge is -2.08. The molecule has 2 N–H and O–H groups in total. The summed E-state index contributed by atoms with van der Waals surface area (Å²) in [5, 5.41) is 12.5. The lowest BCUT2D eigenvalue weighted by atomic mass is 10.1. The molecule has 0 aliphatic heterocycles. The molecule has 0 fully saturated rings. The van der Waals surface area contributed by atoms with Gasteiger partial charge in [-0.1, -0.05) is 12.1 Å². The Bertz CT molecular complexity index is 757. The van der Waals surface area contributed by atoms with E-state index in [9.17, 15) is 22.4 Å². The van der Waals surface area contributed by atoms with Gasteiger partial charge in [0, 0.05) is 0 Å². The molecule has 0 aliphatic rings. The van der Waals surface area contributed by atoms with E-state index in [2.05, 4.69) is 10.5 Å². The minimum atomic E-state index is -4.79. The topological polar surface area (TPSA) is 61.7 Å². The number of aromatic carboxylic acids is 1. The number of alkyl halides is 3. The van der Waals surface area contributed by atoms with Crippen molar-refractivity contribution >= 4 is 17.9 Å². The Hall–Kier alpha value is -2.90. The molecule has 2 rings (SSSR count). The van der Waals surface area contributed by atoms with Crippen molar-refractivity contribution in [2.75, 3.05) is 5.43 Å². The molecule has 0 saturated heterocycles. The molecule has 0 aromatic heterocycles. The smallest absolute Gasteiger partial charge is 0.419 e. The predicted molar refractivity (Wildman–Crippen MR) is 76.0 cm³/mol. The third-order valence-electron chi connectivity index (χ3n) is 2.81. The minimum Gasteiger partial charge on any atom is -0.478 e. The number of halogens is 4. The maximum absolute atomic E-state index is 13.1. The van der Waals surface area contributed by atoms with E-state index < -0.39 is 23.5 Å². The Balaban J connectivity index is 2.15. The number of nitrogens with zero attached hydrogens (tertiary/aromatic N) is 1. The van der Waals surface area contributed by atoms with Crippen LogP contribution in [-0.2, 0) is 6.18 Å². The highest BCUT2D eigenvalue weighted by atomic mass is 19.4. The molecule has 0 amide bonds. The largest absolute Gasteiger partial charge is 0.478 e. The zero-order chi connectivity index (χ0) is 17.0. The van der Waals surface area contributed by atoms with Gasteiger partial charge in [-0.15, -0.1) is 0 Å². The lowest BCUT2D eigenvalue weighted by Crippen LogP contribution is -2.08. The summed E-state index contributed by atoms with van der Waals surface area (Å²) in [6.07, 6.45) is -3.72. The summed E-state index contributed by atoms with van der Waals surface area (Å²) in [7, 11) is 0. The van der Waals surface area contributed by atoms with Crippen molar-refractivity contribution in [3.63, 3.8) is 0 Å². The van der Waals surface area contributed by atoms with Crippen molar-refractivity contribution in [1.82, 2.24) is 0 Å². The summed E-state index contributed by atoms with van der Waals surface area (Å²) in [4.78, 5) is 10.8. The van der Waals surface area contributed by atoms with E-state index in [1.165, 1.54) is 24.3 Å². The molecule has 0 bridgehead atoms. The van der Waals surface area contributed by atoms with Gasteiger partial charge in [-0.25, -0.2) is 9.18 Å². The number of rotatable bonds is 4. The maximum atomic E-state index is 13.1. The van der Waals surface area contributed by atoms with Crippen LogP contribution in [0.3, 0.4) is 0 Å². The fraction of sp³-hybridized carbons (Fsp3) is 0.0667. The van der Waals surface area contributed by atoms with E-state index in [0.29, 0.717) is 17.8 Å². The van der Waals surface area contributed by atoms with E-state index >= 15 is 0 Å². The van der Waals surface area contributed by atoms with E-state index in [4.69, 9.17) is 5.11 Å². The average Bonchev–Trinajstić information content (AvgIpc) is 2.48. The van der Waals surface area contributed by atoms with Crippen LogP contribution in [0, 0.1) is 5.82 Å². The second kappa shape index (κ2) is 6.47. The molecular formula is C15H10F4N2O2. The van der Waals surface area contributed by atoms with Crippen LogP contribution in [0.5, 0.6) is 0 Å². The van der Waals surface area contributed by atoms with Crippen LogP contribution in [0.15, 0.2) is 47.6 Å². The van der Waals surface area contributed by atoms with Crippen LogP contribution in [0.4, 0.5) is 23.2 Å². The summed E-state index contributed by atoms with van der Waals surface area (Å²) in [6, 6.07) is 8.20. The highest BCUT2D eigenvalue weighted by Crippen LogP contribution is 2.31. The molecule has 0 aliphatic carbocycles. The molecule has 0 spiro atoms. The number of carbonyl (C=O) groups is 1. The second-order valence-electron chi connectivity index (χ2n) is 4.49. The van der Waals surface area contributed by atoms with Gasteiger partial charge in [-0.05, 0) is 35.9 Å². The highest BCUT2D eigenvalue weighted by Gasteiger charge is 2.34. The van der Waals surface area contributed by atoms with Crippen LogP contribution >= 0.6 is 0 Å². The van der Waals surface area contributed by atoms with Gasteiger partial charge in [-0.2, -0.15) is 18.3 Å². The number of benzene rings is 2. The molecule has 2 aromatic rings. The second-order valence-corrected chi connectivity index (χ2v) is 4.49. The van der Waals surface area contributed by atoms with Crippen molar-refractivity contribution in [2.24, 2.45) is 5.10 Å². The third kappa shape index (κ3) is 4.29. The Kier molecular flexibility index (Phi) is 4.63. The van der Waals surface area contributed by atoms with Crippen LogP contribution in [0.25, 0.3) is 0 Å². The summed E-state index contributed by atoms with van der Waals surface area (Å²) in [6.45, 7) is 0. The Morgan fingerprint density at radius 3 is 2.57 bits per heavy atom. The molecule has 2 aromatic carbocycles. The van der Waals surface area contributed by atoms with Crippen molar-refractivity contribution in [1.29, 1.82) is 0 Å². The number of nitrogens with one attached hydrogen (secondary N) is 1. The molecule has 0 atom stereocenters. The molecular weight excluding hydrogens is 316 g/mol.